The first-order chi connectivity index (χ1) is 6.31. The summed E-state index contributed by atoms with van der Waals surface area (Å²) in [7, 11) is 1.73. The zero-order chi connectivity index (χ0) is 9.94. The van der Waals surface area contributed by atoms with E-state index in [-0.39, 0.29) is 0 Å². The lowest BCUT2D eigenvalue weighted by atomic mass is 10.3. The number of ether oxygens (including phenoxy) is 1. The molecule has 0 atom stereocenters. The highest BCUT2D eigenvalue weighted by Gasteiger charge is 1.94. The summed E-state index contributed by atoms with van der Waals surface area (Å²) in [6.07, 6.45) is 1.18. The smallest absolute Gasteiger partial charge is 0.0553 e. The summed E-state index contributed by atoms with van der Waals surface area (Å²) >= 11 is 1.88. The fourth-order valence-electron chi connectivity index (χ4n) is 0.852. The standard InChI is InChI=1S/C10H21NOS/c1-4-5-11-8-10(2)9-13-7-6-12-3/h11H,2,4-9H2,1,3H3. The molecule has 13 heavy (non-hydrogen) atoms. The van der Waals surface area contributed by atoms with Crippen molar-refractivity contribution in [1.82, 2.24) is 5.32 Å². The molecule has 0 radical (unpaired) electrons. The Morgan fingerprint density at radius 1 is 1.54 bits per heavy atom. The molecule has 0 saturated carbocycles. The van der Waals surface area contributed by atoms with Crippen LogP contribution in [0.3, 0.4) is 0 Å². The Bertz CT molecular complexity index is 128. The number of hydrogen-bond acceptors (Lipinski definition) is 3. The number of rotatable bonds is 9. The van der Waals surface area contributed by atoms with Gasteiger partial charge in [0.05, 0.1) is 6.61 Å². The Labute approximate surface area is 86.1 Å². The molecule has 0 spiro atoms. The fourth-order valence-corrected chi connectivity index (χ4v) is 1.67. The number of nitrogens with one attached hydrogen (secondary N) is 1. The van der Waals surface area contributed by atoms with Gasteiger partial charge in [0.25, 0.3) is 0 Å². The van der Waals surface area contributed by atoms with Gasteiger partial charge in [0.15, 0.2) is 0 Å². The van der Waals surface area contributed by atoms with Crippen LogP contribution in [0.1, 0.15) is 13.3 Å². The Hall–Kier alpha value is 0.01000. The molecule has 0 aliphatic carbocycles. The quantitative estimate of drug-likeness (QED) is 0.457. The monoisotopic (exact) mass is 203 g/mol. The van der Waals surface area contributed by atoms with E-state index < -0.39 is 0 Å². The van der Waals surface area contributed by atoms with Gasteiger partial charge >= 0.3 is 0 Å². The van der Waals surface area contributed by atoms with Crippen LogP contribution in [-0.2, 0) is 4.74 Å². The van der Waals surface area contributed by atoms with Crippen LogP contribution in [0.25, 0.3) is 0 Å². The van der Waals surface area contributed by atoms with Crippen molar-refractivity contribution in [3.05, 3.63) is 12.2 Å². The minimum Gasteiger partial charge on any atom is -0.384 e. The molecule has 0 saturated heterocycles. The van der Waals surface area contributed by atoms with E-state index in [1.54, 1.807) is 7.11 Å². The molecule has 0 fully saturated rings. The second-order valence-corrected chi connectivity index (χ2v) is 4.08. The van der Waals surface area contributed by atoms with Gasteiger partial charge in [-0.3, -0.25) is 0 Å². The molecule has 1 N–H and O–H groups in total. The maximum Gasteiger partial charge on any atom is 0.0553 e. The average molecular weight is 203 g/mol. The molecule has 0 rings (SSSR count). The van der Waals surface area contributed by atoms with Crippen molar-refractivity contribution >= 4 is 11.8 Å². The average Bonchev–Trinajstić information content (AvgIpc) is 2.13. The van der Waals surface area contributed by atoms with Gasteiger partial charge in [0, 0.05) is 25.2 Å². The predicted octanol–water partition coefficient (Wildman–Crippen LogP) is 1.92. The zero-order valence-corrected chi connectivity index (χ0v) is 9.58. The molecule has 0 aromatic carbocycles. The third-order valence-electron chi connectivity index (χ3n) is 1.54. The highest BCUT2D eigenvalue weighted by Crippen LogP contribution is 2.04. The van der Waals surface area contributed by atoms with Crippen LogP contribution in [-0.4, -0.2) is 38.3 Å². The summed E-state index contributed by atoms with van der Waals surface area (Å²) in [6, 6.07) is 0. The van der Waals surface area contributed by atoms with Crippen LogP contribution in [0.15, 0.2) is 12.2 Å². The van der Waals surface area contributed by atoms with Crippen LogP contribution in [0.2, 0.25) is 0 Å². The van der Waals surface area contributed by atoms with Crippen molar-refractivity contribution in [3.8, 4) is 0 Å². The van der Waals surface area contributed by atoms with Crippen LogP contribution < -0.4 is 5.32 Å². The Morgan fingerprint density at radius 3 is 2.92 bits per heavy atom. The van der Waals surface area contributed by atoms with E-state index in [4.69, 9.17) is 4.74 Å². The second-order valence-electron chi connectivity index (χ2n) is 2.97. The molecule has 0 aromatic rings. The van der Waals surface area contributed by atoms with E-state index in [0.717, 1.165) is 31.2 Å². The predicted molar refractivity (Wildman–Crippen MR) is 61.5 cm³/mol. The van der Waals surface area contributed by atoms with Gasteiger partial charge in [-0.1, -0.05) is 19.1 Å². The van der Waals surface area contributed by atoms with E-state index in [9.17, 15) is 0 Å². The SMILES string of the molecule is C=C(CNCCC)CSCCOC. The van der Waals surface area contributed by atoms with E-state index >= 15 is 0 Å². The van der Waals surface area contributed by atoms with Gasteiger partial charge < -0.3 is 10.1 Å². The fraction of sp³-hybridized carbons (Fsp3) is 0.800. The topological polar surface area (TPSA) is 21.3 Å². The van der Waals surface area contributed by atoms with Crippen molar-refractivity contribution < 1.29 is 4.74 Å². The number of hydrogen-bond donors (Lipinski definition) is 1. The largest absolute Gasteiger partial charge is 0.384 e. The Morgan fingerprint density at radius 2 is 2.31 bits per heavy atom. The molecule has 0 bridgehead atoms. The third-order valence-corrected chi connectivity index (χ3v) is 2.61. The lowest BCUT2D eigenvalue weighted by molar-refractivity contribution is 0.218. The molecular weight excluding hydrogens is 182 g/mol. The van der Waals surface area contributed by atoms with Crippen LogP contribution in [0.4, 0.5) is 0 Å². The van der Waals surface area contributed by atoms with Crippen LogP contribution in [0.5, 0.6) is 0 Å². The molecule has 0 aromatic heterocycles. The maximum absolute atomic E-state index is 4.96. The molecule has 0 aliphatic heterocycles. The molecule has 0 unspecified atom stereocenters. The van der Waals surface area contributed by atoms with E-state index in [1.165, 1.54) is 12.0 Å². The van der Waals surface area contributed by atoms with E-state index in [0.29, 0.717) is 0 Å². The van der Waals surface area contributed by atoms with Crippen molar-refractivity contribution in [3.63, 3.8) is 0 Å². The van der Waals surface area contributed by atoms with Gasteiger partial charge in [-0.25, -0.2) is 0 Å². The highest BCUT2D eigenvalue weighted by molar-refractivity contribution is 7.99. The van der Waals surface area contributed by atoms with Gasteiger partial charge in [-0.15, -0.1) is 0 Å². The van der Waals surface area contributed by atoms with Crippen LogP contribution in [0, 0.1) is 0 Å². The van der Waals surface area contributed by atoms with Crippen LogP contribution >= 0.6 is 11.8 Å². The van der Waals surface area contributed by atoms with Crippen molar-refractivity contribution in [1.29, 1.82) is 0 Å². The Balaban J connectivity index is 3.11. The minimum atomic E-state index is 0.834. The summed E-state index contributed by atoms with van der Waals surface area (Å²) in [4.78, 5) is 0. The van der Waals surface area contributed by atoms with Gasteiger partial charge in [-0.05, 0) is 13.0 Å². The first-order valence-electron chi connectivity index (χ1n) is 4.75. The van der Waals surface area contributed by atoms with Gasteiger partial charge in [0.1, 0.15) is 0 Å². The van der Waals surface area contributed by atoms with Gasteiger partial charge in [-0.2, -0.15) is 11.8 Å². The summed E-state index contributed by atoms with van der Waals surface area (Å²) in [5.74, 6) is 2.10. The summed E-state index contributed by atoms with van der Waals surface area (Å²) in [5, 5.41) is 3.33. The maximum atomic E-state index is 4.96. The second kappa shape index (κ2) is 10.1. The van der Waals surface area contributed by atoms with Crippen molar-refractivity contribution in [2.45, 2.75) is 13.3 Å². The first-order valence-corrected chi connectivity index (χ1v) is 5.90. The molecule has 2 nitrogen and oxygen atoms in total. The summed E-state index contributed by atoms with van der Waals surface area (Å²) < 4.78 is 4.96. The third kappa shape index (κ3) is 9.93. The van der Waals surface area contributed by atoms with E-state index in [1.807, 2.05) is 11.8 Å². The molecule has 3 heteroatoms. The molecular formula is C10H21NOS. The van der Waals surface area contributed by atoms with Crippen molar-refractivity contribution in [2.24, 2.45) is 0 Å². The van der Waals surface area contributed by atoms with Crippen molar-refractivity contribution in [2.75, 3.05) is 38.3 Å². The summed E-state index contributed by atoms with van der Waals surface area (Å²) in [5.41, 5.74) is 1.27. The first kappa shape index (κ1) is 13.0. The minimum absolute atomic E-state index is 0.834. The zero-order valence-electron chi connectivity index (χ0n) is 8.77. The normalized spacial score (nSPS) is 10.3. The summed E-state index contributed by atoms with van der Waals surface area (Å²) in [6.45, 7) is 9.04. The lowest BCUT2D eigenvalue weighted by Crippen LogP contribution is -2.18. The molecule has 78 valence electrons. The lowest BCUT2D eigenvalue weighted by Gasteiger charge is -2.06. The molecule has 0 heterocycles. The highest BCUT2D eigenvalue weighted by atomic mass is 32.2. The van der Waals surface area contributed by atoms with Gasteiger partial charge in [0.2, 0.25) is 0 Å². The molecule has 0 aliphatic rings. The van der Waals surface area contributed by atoms with E-state index in [2.05, 4.69) is 18.8 Å². The Kier molecular flexibility index (Phi) is 10.1. The number of methoxy groups -OCH3 is 1. The number of thioether (sulfide) groups is 1. The molecule has 0 amide bonds.